The Morgan fingerprint density at radius 1 is 1.11 bits per heavy atom. The van der Waals surface area contributed by atoms with Gasteiger partial charge in [0.05, 0.1) is 19.6 Å². The quantitative estimate of drug-likeness (QED) is 0.463. The minimum Gasteiger partial charge on any atom is -0.307 e. The van der Waals surface area contributed by atoms with Gasteiger partial charge in [-0.3, -0.25) is 4.79 Å². The van der Waals surface area contributed by atoms with Crippen molar-refractivity contribution in [1.29, 1.82) is 0 Å². The van der Waals surface area contributed by atoms with Crippen LogP contribution in [-0.2, 0) is 0 Å². The van der Waals surface area contributed by atoms with Gasteiger partial charge in [-0.2, -0.15) is 0 Å². The van der Waals surface area contributed by atoms with E-state index in [1.807, 2.05) is 12.1 Å². The maximum Gasteiger partial charge on any atom is 0.255 e. The molecule has 0 radical (unpaired) electrons. The highest BCUT2D eigenvalue weighted by atomic mass is 32.1. The fourth-order valence-electron chi connectivity index (χ4n) is 1.96. The SMILES string of the molecule is CC[N+](CC)(CC)CNC(=O)c1ccc(S)cc1. The Kier molecular flexibility index (Phi) is 5.69. The third-order valence-electron chi connectivity index (χ3n) is 3.72. The molecular formula is C14H23N2OS+. The maximum absolute atomic E-state index is 12.0. The van der Waals surface area contributed by atoms with Crippen LogP contribution in [0.15, 0.2) is 29.2 Å². The monoisotopic (exact) mass is 267 g/mol. The molecule has 1 N–H and O–H groups in total. The highest BCUT2D eigenvalue weighted by Gasteiger charge is 2.21. The summed E-state index contributed by atoms with van der Waals surface area (Å²) in [6.45, 7) is 10.3. The van der Waals surface area contributed by atoms with Crippen molar-refractivity contribution in [2.75, 3.05) is 26.3 Å². The fraction of sp³-hybridized carbons (Fsp3) is 0.500. The Bertz CT molecular complexity index is 377. The lowest BCUT2D eigenvalue weighted by molar-refractivity contribution is -0.924. The molecule has 0 aliphatic rings. The highest BCUT2D eigenvalue weighted by molar-refractivity contribution is 7.80. The van der Waals surface area contributed by atoms with E-state index in [0.717, 1.165) is 29.0 Å². The first kappa shape index (κ1) is 15.1. The van der Waals surface area contributed by atoms with E-state index >= 15 is 0 Å². The van der Waals surface area contributed by atoms with E-state index in [4.69, 9.17) is 0 Å². The number of amides is 1. The molecule has 1 aromatic rings. The molecule has 0 fully saturated rings. The van der Waals surface area contributed by atoms with E-state index in [1.54, 1.807) is 12.1 Å². The van der Waals surface area contributed by atoms with Crippen molar-refractivity contribution in [1.82, 2.24) is 5.32 Å². The second-order valence-corrected chi connectivity index (χ2v) is 5.02. The van der Waals surface area contributed by atoms with Crippen molar-refractivity contribution < 1.29 is 9.28 Å². The minimum absolute atomic E-state index is 0.0128. The van der Waals surface area contributed by atoms with Gasteiger partial charge in [-0.15, -0.1) is 12.6 Å². The number of hydrogen-bond donors (Lipinski definition) is 2. The van der Waals surface area contributed by atoms with Crippen LogP contribution in [0.2, 0.25) is 0 Å². The van der Waals surface area contributed by atoms with Crippen LogP contribution in [0.25, 0.3) is 0 Å². The van der Waals surface area contributed by atoms with Crippen LogP contribution < -0.4 is 5.32 Å². The van der Waals surface area contributed by atoms with Crippen LogP contribution in [0, 0.1) is 0 Å². The molecule has 3 nitrogen and oxygen atoms in total. The van der Waals surface area contributed by atoms with E-state index in [9.17, 15) is 4.79 Å². The standard InChI is InChI=1S/C14H22N2OS/c1-4-16(5-2,6-3)11-15-14(17)12-7-9-13(18)10-8-12/h7-10H,4-6,11H2,1-3H3,(H-,15,17,18)/p+1. The smallest absolute Gasteiger partial charge is 0.255 e. The number of carbonyl (C=O) groups excluding carboxylic acids is 1. The van der Waals surface area contributed by atoms with Crippen LogP contribution in [-0.4, -0.2) is 36.7 Å². The first-order chi connectivity index (χ1) is 8.56. The number of hydrogen-bond acceptors (Lipinski definition) is 2. The van der Waals surface area contributed by atoms with Crippen LogP contribution in [0.4, 0.5) is 0 Å². The van der Waals surface area contributed by atoms with Crippen molar-refractivity contribution in [3.05, 3.63) is 29.8 Å². The second kappa shape index (κ2) is 6.81. The number of thiol groups is 1. The van der Waals surface area contributed by atoms with Gasteiger partial charge in [0.2, 0.25) is 0 Å². The van der Waals surface area contributed by atoms with Gasteiger partial charge in [0.15, 0.2) is 6.67 Å². The number of rotatable bonds is 6. The first-order valence-corrected chi connectivity index (χ1v) is 6.94. The molecule has 1 amide bonds. The van der Waals surface area contributed by atoms with E-state index in [1.165, 1.54) is 0 Å². The molecule has 100 valence electrons. The molecule has 0 heterocycles. The summed E-state index contributed by atoms with van der Waals surface area (Å²) in [6.07, 6.45) is 0. The van der Waals surface area contributed by atoms with Crippen molar-refractivity contribution >= 4 is 18.5 Å². The highest BCUT2D eigenvalue weighted by Crippen LogP contribution is 2.08. The van der Waals surface area contributed by atoms with Gasteiger partial charge in [0.1, 0.15) is 0 Å². The van der Waals surface area contributed by atoms with Gasteiger partial charge >= 0.3 is 0 Å². The predicted molar refractivity (Wildman–Crippen MR) is 77.9 cm³/mol. The fourth-order valence-corrected chi connectivity index (χ4v) is 2.11. The van der Waals surface area contributed by atoms with E-state index < -0.39 is 0 Å². The van der Waals surface area contributed by atoms with E-state index in [2.05, 4.69) is 38.7 Å². The van der Waals surface area contributed by atoms with Crippen LogP contribution in [0.3, 0.4) is 0 Å². The number of quaternary nitrogens is 1. The molecule has 0 aromatic heterocycles. The first-order valence-electron chi connectivity index (χ1n) is 6.49. The Balaban J connectivity index is 2.63. The molecule has 18 heavy (non-hydrogen) atoms. The number of benzene rings is 1. The van der Waals surface area contributed by atoms with Crippen molar-refractivity contribution in [3.63, 3.8) is 0 Å². The molecule has 0 aliphatic heterocycles. The van der Waals surface area contributed by atoms with Gasteiger partial charge in [-0.1, -0.05) is 0 Å². The van der Waals surface area contributed by atoms with Crippen molar-refractivity contribution in [2.45, 2.75) is 25.7 Å². The van der Waals surface area contributed by atoms with Gasteiger partial charge in [0.25, 0.3) is 5.91 Å². The molecule has 0 bridgehead atoms. The Hall–Kier alpha value is -1.00. The van der Waals surface area contributed by atoms with Crippen LogP contribution in [0.5, 0.6) is 0 Å². The zero-order valence-corrected chi connectivity index (χ0v) is 12.3. The maximum atomic E-state index is 12.0. The van der Waals surface area contributed by atoms with E-state index in [-0.39, 0.29) is 5.91 Å². The Morgan fingerprint density at radius 2 is 1.61 bits per heavy atom. The average Bonchev–Trinajstić information content (AvgIpc) is 2.41. The zero-order valence-electron chi connectivity index (χ0n) is 11.4. The lowest BCUT2D eigenvalue weighted by Gasteiger charge is -2.35. The molecule has 0 saturated heterocycles. The van der Waals surface area contributed by atoms with E-state index in [0.29, 0.717) is 12.2 Å². The second-order valence-electron chi connectivity index (χ2n) is 4.50. The normalized spacial score (nSPS) is 11.3. The molecule has 0 aliphatic carbocycles. The van der Waals surface area contributed by atoms with Gasteiger partial charge in [-0.05, 0) is 45.0 Å². The van der Waals surface area contributed by atoms with Crippen LogP contribution >= 0.6 is 12.6 Å². The summed E-state index contributed by atoms with van der Waals surface area (Å²) < 4.78 is 0.913. The average molecular weight is 267 g/mol. The summed E-state index contributed by atoms with van der Waals surface area (Å²) in [4.78, 5) is 12.9. The molecule has 0 unspecified atom stereocenters. The lowest BCUT2D eigenvalue weighted by Crippen LogP contribution is -2.54. The van der Waals surface area contributed by atoms with Crippen molar-refractivity contribution in [3.8, 4) is 0 Å². The Morgan fingerprint density at radius 3 is 2.06 bits per heavy atom. The minimum atomic E-state index is -0.0128. The third kappa shape index (κ3) is 3.75. The molecule has 1 aromatic carbocycles. The topological polar surface area (TPSA) is 29.1 Å². The predicted octanol–water partition coefficient (Wildman–Crippen LogP) is 2.54. The summed E-state index contributed by atoms with van der Waals surface area (Å²) in [6, 6.07) is 7.27. The molecule has 0 saturated carbocycles. The number of nitrogens with zero attached hydrogens (tertiary/aromatic N) is 1. The summed E-state index contributed by atoms with van der Waals surface area (Å²) in [5.41, 5.74) is 0.689. The third-order valence-corrected chi connectivity index (χ3v) is 4.02. The number of nitrogens with one attached hydrogen (secondary N) is 1. The molecule has 1 rings (SSSR count). The Labute approximate surface area is 115 Å². The van der Waals surface area contributed by atoms with Gasteiger partial charge in [-0.25, -0.2) is 0 Å². The summed E-state index contributed by atoms with van der Waals surface area (Å²) in [5.74, 6) is -0.0128. The lowest BCUT2D eigenvalue weighted by atomic mass is 10.2. The summed E-state index contributed by atoms with van der Waals surface area (Å²) in [7, 11) is 0. The van der Waals surface area contributed by atoms with Gasteiger partial charge in [0, 0.05) is 10.5 Å². The number of carbonyl (C=O) groups is 1. The summed E-state index contributed by atoms with van der Waals surface area (Å²) in [5, 5.41) is 3.02. The molecular weight excluding hydrogens is 244 g/mol. The molecule has 4 heteroatoms. The zero-order chi connectivity index (χ0) is 13.6. The van der Waals surface area contributed by atoms with Crippen LogP contribution in [0.1, 0.15) is 31.1 Å². The molecule has 0 spiro atoms. The molecule has 0 atom stereocenters. The summed E-state index contributed by atoms with van der Waals surface area (Å²) >= 11 is 4.21. The van der Waals surface area contributed by atoms with Crippen molar-refractivity contribution in [2.24, 2.45) is 0 Å². The largest absolute Gasteiger partial charge is 0.307 e. The van der Waals surface area contributed by atoms with Gasteiger partial charge < -0.3 is 9.80 Å².